The number of amides is 3. The molecule has 0 bridgehead atoms. The highest BCUT2D eigenvalue weighted by Gasteiger charge is 2.54. The number of benzene rings is 1. The molecule has 0 saturated carbocycles. The monoisotopic (exact) mass is 465 g/mol. The van der Waals surface area contributed by atoms with Gasteiger partial charge in [0, 0.05) is 50.7 Å². The molecule has 2 aliphatic rings. The van der Waals surface area contributed by atoms with Crippen molar-refractivity contribution >= 4 is 23.5 Å². The second-order valence-corrected chi connectivity index (χ2v) is 9.09. The summed E-state index contributed by atoms with van der Waals surface area (Å²) in [5.74, 6) is -1.87. The minimum absolute atomic E-state index is 0.0353. The van der Waals surface area contributed by atoms with E-state index >= 15 is 0 Å². The van der Waals surface area contributed by atoms with E-state index in [4.69, 9.17) is 0 Å². The number of likely N-dealkylation sites (tertiary alicyclic amines) is 2. The number of halogens is 1. The van der Waals surface area contributed by atoms with E-state index in [1.54, 1.807) is 35.5 Å². The van der Waals surface area contributed by atoms with Crippen molar-refractivity contribution in [2.45, 2.75) is 51.0 Å². The van der Waals surface area contributed by atoms with Crippen LogP contribution in [0.3, 0.4) is 0 Å². The highest BCUT2D eigenvalue weighted by atomic mass is 19.1. The molecule has 0 unspecified atom stereocenters. The second kappa shape index (κ2) is 9.83. The Morgan fingerprint density at radius 2 is 2.03 bits per heavy atom. The zero-order chi connectivity index (χ0) is 24.3. The lowest BCUT2D eigenvalue weighted by Gasteiger charge is -2.35. The highest BCUT2D eigenvalue weighted by Crippen LogP contribution is 2.41. The molecule has 8 heteroatoms. The zero-order valence-electron chi connectivity index (χ0n) is 19.2. The molecule has 1 aromatic heterocycles. The van der Waals surface area contributed by atoms with Crippen molar-refractivity contribution in [2.24, 2.45) is 5.92 Å². The van der Waals surface area contributed by atoms with Gasteiger partial charge in [-0.1, -0.05) is 25.1 Å². The van der Waals surface area contributed by atoms with Gasteiger partial charge < -0.3 is 4.90 Å². The molecule has 178 valence electrons. The maximum absolute atomic E-state index is 14.2. The Balaban J connectivity index is 1.64. The minimum atomic E-state index is -1.49. The van der Waals surface area contributed by atoms with Gasteiger partial charge in [0.15, 0.2) is 0 Å². The van der Waals surface area contributed by atoms with Crippen molar-refractivity contribution in [3.05, 3.63) is 65.7 Å². The third-order valence-corrected chi connectivity index (χ3v) is 6.88. The van der Waals surface area contributed by atoms with Crippen molar-refractivity contribution in [2.75, 3.05) is 13.1 Å². The van der Waals surface area contributed by atoms with Crippen molar-refractivity contribution in [3.63, 3.8) is 0 Å². The van der Waals surface area contributed by atoms with Gasteiger partial charge in [-0.3, -0.25) is 29.1 Å². The van der Waals surface area contributed by atoms with Crippen LogP contribution in [-0.2, 0) is 31.1 Å². The van der Waals surface area contributed by atoms with Gasteiger partial charge in [-0.05, 0) is 42.2 Å². The van der Waals surface area contributed by atoms with E-state index in [0.29, 0.717) is 37.1 Å². The van der Waals surface area contributed by atoms with Gasteiger partial charge in [-0.15, -0.1) is 0 Å². The van der Waals surface area contributed by atoms with Crippen LogP contribution >= 0.6 is 0 Å². The molecule has 1 aromatic carbocycles. The van der Waals surface area contributed by atoms with Gasteiger partial charge in [0.05, 0.1) is 12.0 Å². The zero-order valence-corrected chi connectivity index (χ0v) is 19.2. The van der Waals surface area contributed by atoms with Crippen molar-refractivity contribution in [1.82, 2.24) is 14.8 Å². The number of imide groups is 1. The lowest BCUT2D eigenvalue weighted by atomic mass is 9.75. The molecule has 0 radical (unpaired) electrons. The average Bonchev–Trinajstić information content (AvgIpc) is 3.09. The van der Waals surface area contributed by atoms with Crippen LogP contribution in [0.25, 0.3) is 0 Å². The molecule has 0 N–H and O–H groups in total. The molecule has 2 aliphatic heterocycles. The van der Waals surface area contributed by atoms with E-state index in [1.165, 1.54) is 18.2 Å². The van der Waals surface area contributed by atoms with Crippen molar-refractivity contribution < 1.29 is 23.6 Å². The summed E-state index contributed by atoms with van der Waals surface area (Å²) < 4.78 is 14.2. The van der Waals surface area contributed by atoms with Crippen molar-refractivity contribution in [3.8, 4) is 0 Å². The summed E-state index contributed by atoms with van der Waals surface area (Å²) in [6.07, 6.45) is 4.56. The minimum Gasteiger partial charge on any atom is -0.342 e. The Morgan fingerprint density at radius 1 is 1.21 bits per heavy atom. The van der Waals surface area contributed by atoms with Gasteiger partial charge >= 0.3 is 0 Å². The van der Waals surface area contributed by atoms with E-state index in [2.05, 4.69) is 4.98 Å². The molecule has 2 aromatic rings. The number of hydrogen-bond acceptors (Lipinski definition) is 5. The number of rotatable bonds is 7. The molecule has 4 rings (SSSR count). The summed E-state index contributed by atoms with van der Waals surface area (Å²) in [5.41, 5.74) is -0.492. The van der Waals surface area contributed by atoms with Crippen LogP contribution in [0.5, 0.6) is 0 Å². The van der Waals surface area contributed by atoms with E-state index in [-0.39, 0.29) is 37.0 Å². The first-order chi connectivity index (χ1) is 16.3. The molecule has 2 atom stereocenters. The van der Waals surface area contributed by atoms with Gasteiger partial charge in [-0.25, -0.2) is 4.39 Å². The molecule has 2 saturated heterocycles. The summed E-state index contributed by atoms with van der Waals surface area (Å²) in [4.78, 5) is 59.2. The number of hydrogen-bond donors (Lipinski definition) is 0. The van der Waals surface area contributed by atoms with Crippen LogP contribution in [0.4, 0.5) is 4.39 Å². The Morgan fingerprint density at radius 3 is 2.74 bits per heavy atom. The Labute approximate surface area is 198 Å². The molecule has 0 aliphatic carbocycles. The molecular weight excluding hydrogens is 437 g/mol. The number of pyridine rings is 1. The number of carbonyl (C=O) groups excluding carboxylic acids is 4. The van der Waals surface area contributed by atoms with Crippen molar-refractivity contribution in [1.29, 1.82) is 0 Å². The van der Waals surface area contributed by atoms with Crippen LogP contribution in [0.2, 0.25) is 0 Å². The molecule has 7 nitrogen and oxygen atoms in total. The van der Waals surface area contributed by atoms with E-state index in [0.717, 1.165) is 11.3 Å². The van der Waals surface area contributed by atoms with Gasteiger partial charge in [0.2, 0.25) is 17.7 Å². The Hall–Kier alpha value is -3.42. The Kier molecular flexibility index (Phi) is 6.86. The maximum Gasteiger partial charge on any atom is 0.241 e. The van der Waals surface area contributed by atoms with Gasteiger partial charge in [0.25, 0.3) is 0 Å². The summed E-state index contributed by atoms with van der Waals surface area (Å²) in [6, 6.07) is 9.04. The quantitative estimate of drug-likeness (QED) is 0.587. The topological polar surface area (TPSA) is 87.7 Å². The molecule has 3 heterocycles. The SMILES string of the molecule is CCC(=O)[C@@H]1CCCN(C(=O)C[C@@]2(c3cccc(F)c3)CC(=O)N(Cc3cccnc3)C2=O)C1. The van der Waals surface area contributed by atoms with E-state index < -0.39 is 23.0 Å². The van der Waals surface area contributed by atoms with Crippen LogP contribution in [0.1, 0.15) is 50.2 Å². The van der Waals surface area contributed by atoms with Gasteiger partial charge in [-0.2, -0.15) is 0 Å². The van der Waals surface area contributed by atoms with Gasteiger partial charge in [0.1, 0.15) is 11.6 Å². The van der Waals surface area contributed by atoms with E-state index in [1.807, 2.05) is 6.92 Å². The number of ketones is 1. The van der Waals surface area contributed by atoms with E-state index in [9.17, 15) is 23.6 Å². The first kappa shape index (κ1) is 23.7. The molecule has 2 fully saturated rings. The molecule has 3 amide bonds. The highest BCUT2D eigenvalue weighted by molar-refractivity contribution is 6.10. The number of carbonyl (C=O) groups is 4. The molecule has 0 spiro atoms. The predicted octanol–water partition coefficient (Wildman–Crippen LogP) is 3.03. The average molecular weight is 466 g/mol. The number of Topliss-reactive ketones (excluding diaryl/α,β-unsaturated/α-hetero) is 1. The number of aromatic nitrogens is 1. The van der Waals surface area contributed by atoms with Crippen LogP contribution in [0, 0.1) is 11.7 Å². The smallest absolute Gasteiger partial charge is 0.241 e. The van der Waals surface area contributed by atoms with Crippen LogP contribution < -0.4 is 0 Å². The molecule has 34 heavy (non-hydrogen) atoms. The lowest BCUT2D eigenvalue weighted by Crippen LogP contribution is -2.47. The maximum atomic E-state index is 14.2. The number of nitrogens with zero attached hydrogens (tertiary/aromatic N) is 3. The normalized spacial score (nSPS) is 22.8. The van der Waals surface area contributed by atoms with Crippen LogP contribution in [0.15, 0.2) is 48.8 Å². The number of piperidine rings is 1. The fourth-order valence-electron chi connectivity index (χ4n) is 5.01. The second-order valence-electron chi connectivity index (χ2n) is 9.09. The fraction of sp³-hybridized carbons (Fsp3) is 0.423. The summed E-state index contributed by atoms with van der Waals surface area (Å²) in [6.45, 7) is 2.65. The first-order valence-electron chi connectivity index (χ1n) is 11.6. The first-order valence-corrected chi connectivity index (χ1v) is 11.6. The predicted molar refractivity (Wildman–Crippen MR) is 122 cm³/mol. The fourth-order valence-corrected chi connectivity index (χ4v) is 5.01. The standard InChI is InChI=1S/C26H28FN3O4/c1-2-22(31)19-7-5-11-29(17-19)23(32)13-26(20-8-3-9-21(27)12-20)14-24(33)30(25(26)34)16-18-6-4-10-28-15-18/h3-4,6,8-10,12,15,19H,2,5,7,11,13-14,16-17H2,1H3/t19-,26+/m1/s1. The summed E-state index contributed by atoms with van der Waals surface area (Å²) in [7, 11) is 0. The summed E-state index contributed by atoms with van der Waals surface area (Å²) >= 11 is 0. The summed E-state index contributed by atoms with van der Waals surface area (Å²) in [5, 5.41) is 0. The largest absolute Gasteiger partial charge is 0.342 e. The van der Waals surface area contributed by atoms with Crippen LogP contribution in [-0.4, -0.2) is 51.4 Å². The third-order valence-electron chi connectivity index (χ3n) is 6.88. The molecular formula is C26H28FN3O4. The third kappa shape index (κ3) is 4.62. The Bertz CT molecular complexity index is 1110. The lowest BCUT2D eigenvalue weighted by molar-refractivity contribution is -0.144.